The van der Waals surface area contributed by atoms with Gasteiger partial charge in [0.1, 0.15) is 5.82 Å². The smallest absolute Gasteiger partial charge is 0.244 e. The maximum atomic E-state index is 12.2. The number of anilines is 1. The van der Waals surface area contributed by atoms with Gasteiger partial charge < -0.3 is 10.2 Å². The second-order valence-corrected chi connectivity index (χ2v) is 10.5. The summed E-state index contributed by atoms with van der Waals surface area (Å²) in [6.45, 7) is 5.31. The lowest BCUT2D eigenvalue weighted by molar-refractivity contribution is -0.116. The molecule has 0 bridgehead atoms. The monoisotopic (exact) mass is 479 g/mol. The Labute approximate surface area is 210 Å². The average molecular weight is 480 g/mol. The van der Waals surface area contributed by atoms with Crippen molar-refractivity contribution < 1.29 is 6.22 Å². The first kappa shape index (κ1) is 26.0. The van der Waals surface area contributed by atoms with Gasteiger partial charge in [-0.05, 0) is 78.2 Å². The van der Waals surface area contributed by atoms with E-state index in [0.29, 0.717) is 0 Å². The molecule has 2 fully saturated rings. The van der Waals surface area contributed by atoms with Crippen LogP contribution in [0.1, 0.15) is 54.5 Å². The third kappa shape index (κ3) is 5.87. The number of nitrogens with one attached hydrogen (secondary N) is 1. The number of carbonyl (C=O) groups excluding carboxylic acids is 1. The van der Waals surface area contributed by atoms with E-state index < -0.39 is 0 Å². The Bertz CT molecular complexity index is 1110. The van der Waals surface area contributed by atoms with Crippen molar-refractivity contribution in [2.45, 2.75) is 47.5 Å². The molecule has 2 heterocycles. The molecule has 1 saturated carbocycles. The second-order valence-electron chi connectivity index (χ2n) is 9.69. The molecule has 1 aliphatic heterocycles. The number of amides is 1. The lowest BCUT2D eigenvalue weighted by Crippen LogP contribution is -2.34. The summed E-state index contributed by atoms with van der Waals surface area (Å²) < 4.78 is 6.01. The molecule has 3 aromatic rings. The van der Waals surface area contributed by atoms with E-state index in [4.69, 9.17) is 4.37 Å². The highest BCUT2D eigenvalue weighted by molar-refractivity contribution is 7.13. The topological polar surface area (TPSA) is 45.2 Å². The van der Waals surface area contributed by atoms with Gasteiger partial charge in [-0.1, -0.05) is 64.2 Å². The van der Waals surface area contributed by atoms with Crippen LogP contribution < -0.4 is 10.2 Å². The maximum Gasteiger partial charge on any atom is 0.244 e. The molecule has 1 aromatic heterocycles. The molecule has 5 heteroatoms. The molecule has 0 spiro atoms. The van der Waals surface area contributed by atoms with Crippen LogP contribution in [0.4, 0.5) is 5.82 Å². The summed E-state index contributed by atoms with van der Waals surface area (Å²) in [5.41, 5.74) is 1.31. The van der Waals surface area contributed by atoms with Crippen LogP contribution >= 0.6 is 11.5 Å². The predicted octanol–water partition coefficient (Wildman–Crippen LogP) is 7.28. The summed E-state index contributed by atoms with van der Waals surface area (Å²) in [6, 6.07) is 18.5. The molecule has 5 rings (SSSR count). The highest BCUT2D eigenvalue weighted by atomic mass is 32.1. The molecule has 4 nitrogen and oxygen atoms in total. The molecule has 184 valence electrons. The highest BCUT2D eigenvalue weighted by Gasteiger charge is 2.50. The number of benzene rings is 2. The fraction of sp³-hybridized carbons (Fsp3) is 0.448. The van der Waals surface area contributed by atoms with Crippen LogP contribution in [0, 0.1) is 17.3 Å². The van der Waals surface area contributed by atoms with Crippen molar-refractivity contribution in [3.63, 3.8) is 0 Å². The van der Waals surface area contributed by atoms with Crippen molar-refractivity contribution in [1.29, 1.82) is 0 Å². The first-order valence-corrected chi connectivity index (χ1v) is 12.5. The summed E-state index contributed by atoms with van der Waals surface area (Å²) in [5, 5.41) is 4.42. The van der Waals surface area contributed by atoms with Gasteiger partial charge >= 0.3 is 0 Å². The number of hydrogen-bond acceptors (Lipinski definition) is 4. The van der Waals surface area contributed by atoms with Gasteiger partial charge in [-0.3, -0.25) is 4.79 Å². The number of fused-ring (bicyclic) bond motifs is 1. The number of rotatable bonds is 7. The Kier molecular flexibility index (Phi) is 8.53. The molecule has 1 N–H and O–H groups in total. The van der Waals surface area contributed by atoms with Crippen LogP contribution in [0.15, 0.2) is 60.7 Å². The predicted molar refractivity (Wildman–Crippen MR) is 149 cm³/mol. The molecule has 1 aliphatic carbocycles. The van der Waals surface area contributed by atoms with E-state index in [9.17, 15) is 4.79 Å². The Morgan fingerprint density at radius 2 is 1.85 bits per heavy atom. The molecule has 0 unspecified atom stereocenters. The first-order chi connectivity index (χ1) is 15.6. The highest BCUT2D eigenvalue weighted by Crippen LogP contribution is 2.55. The molecule has 0 radical (unpaired) electrons. The van der Waals surface area contributed by atoms with E-state index in [-0.39, 0.29) is 27.6 Å². The lowest BCUT2D eigenvalue weighted by atomic mass is 9.89. The number of carbonyl (C=O) groups is 1. The van der Waals surface area contributed by atoms with Gasteiger partial charge in [0.2, 0.25) is 5.91 Å². The molecule has 2 atom stereocenters. The van der Waals surface area contributed by atoms with Crippen LogP contribution in [0.3, 0.4) is 0 Å². The van der Waals surface area contributed by atoms with Crippen molar-refractivity contribution in [1.82, 2.24) is 9.69 Å². The van der Waals surface area contributed by atoms with Gasteiger partial charge in [0.15, 0.2) is 0 Å². The molecular weight excluding hydrogens is 438 g/mol. The summed E-state index contributed by atoms with van der Waals surface area (Å²) >= 11 is 1.61. The van der Waals surface area contributed by atoms with Crippen LogP contribution in [-0.4, -0.2) is 29.9 Å². The van der Waals surface area contributed by atoms with Crippen molar-refractivity contribution in [3.8, 4) is 0 Å². The largest absolute Gasteiger partial charge is 0.355 e. The van der Waals surface area contributed by atoms with Gasteiger partial charge in [0.05, 0.1) is 4.70 Å². The number of nitrogens with zero attached hydrogens (tertiary/aromatic N) is 2. The normalized spacial score (nSPS) is 22.3. The zero-order chi connectivity index (χ0) is 22.0. The average Bonchev–Trinajstić information content (AvgIpc) is 3.26. The Hall–Kier alpha value is -2.66. The van der Waals surface area contributed by atoms with Crippen LogP contribution in [-0.2, 0) is 4.79 Å². The van der Waals surface area contributed by atoms with Crippen molar-refractivity contribution >= 4 is 39.4 Å². The van der Waals surface area contributed by atoms with E-state index in [0.717, 1.165) is 37.0 Å². The number of aromatic nitrogens is 1. The summed E-state index contributed by atoms with van der Waals surface area (Å²) in [7, 11) is 0. The molecule has 2 aliphatic rings. The summed E-state index contributed by atoms with van der Waals surface area (Å²) in [5.74, 6) is 2.70. The van der Waals surface area contributed by atoms with Crippen LogP contribution in [0.2, 0.25) is 0 Å². The van der Waals surface area contributed by atoms with Gasteiger partial charge in [-0.2, -0.15) is 4.37 Å². The third-order valence-electron chi connectivity index (χ3n) is 7.32. The molecule has 2 aromatic carbocycles. The standard InChI is InChI=1S/C27H31N3OS.2CH4.H2/c1-27(19-28-25(31)12-11-20-7-3-2-4-8-20)18-22(27)17-21-13-15-30(16-14-21)26-23-9-5-6-10-24(23)32-29-26;;;/h2-12,21-22H,13-19H2,1H3,(H,28,31);2*1H4;1H/b12-11+;;;/t22-,27+;;;/m0.../s1. The van der Waals surface area contributed by atoms with E-state index in [1.165, 1.54) is 41.6 Å². The van der Waals surface area contributed by atoms with Gasteiger partial charge in [0, 0.05) is 32.5 Å². The minimum Gasteiger partial charge on any atom is -0.355 e. The zero-order valence-corrected chi connectivity index (χ0v) is 19.5. The van der Waals surface area contributed by atoms with E-state index >= 15 is 0 Å². The van der Waals surface area contributed by atoms with E-state index in [1.807, 2.05) is 36.4 Å². The molecule has 1 saturated heterocycles. The molecule has 34 heavy (non-hydrogen) atoms. The Morgan fingerprint density at radius 3 is 2.62 bits per heavy atom. The van der Waals surface area contributed by atoms with Crippen molar-refractivity contribution in [2.24, 2.45) is 17.3 Å². The van der Waals surface area contributed by atoms with Gasteiger partial charge in [-0.15, -0.1) is 0 Å². The Morgan fingerprint density at radius 1 is 1.15 bits per heavy atom. The van der Waals surface area contributed by atoms with Crippen LogP contribution in [0.25, 0.3) is 16.2 Å². The zero-order valence-electron chi connectivity index (χ0n) is 18.7. The minimum atomic E-state index is 0. The van der Waals surface area contributed by atoms with Gasteiger partial charge in [-0.25, -0.2) is 0 Å². The fourth-order valence-electron chi connectivity index (χ4n) is 5.06. The SMILES string of the molecule is C.C.C[C@]1(CNC(=O)/C=C/c2ccccc2)C[C@@H]1CC1CCN(c2nsc3ccccc23)CC1.[HH]. The first-order valence-electron chi connectivity index (χ1n) is 11.7. The number of piperidine rings is 1. The van der Waals surface area contributed by atoms with E-state index in [1.54, 1.807) is 17.6 Å². The minimum absolute atomic E-state index is 0. The summed E-state index contributed by atoms with van der Waals surface area (Å²) in [4.78, 5) is 14.7. The van der Waals surface area contributed by atoms with Crippen LogP contribution in [0.5, 0.6) is 0 Å². The van der Waals surface area contributed by atoms with E-state index in [2.05, 4.69) is 41.4 Å². The quantitative estimate of drug-likeness (QED) is 0.362. The molecule has 1 amide bonds. The lowest BCUT2D eigenvalue weighted by Gasteiger charge is -2.32. The third-order valence-corrected chi connectivity index (χ3v) is 8.14. The number of hydrogen-bond donors (Lipinski definition) is 1. The second kappa shape index (κ2) is 11.2. The van der Waals surface area contributed by atoms with Gasteiger partial charge in [0.25, 0.3) is 0 Å². The Balaban J connectivity index is 0.00000144. The summed E-state index contributed by atoms with van der Waals surface area (Å²) in [6.07, 6.45) is 8.52. The molecular formula is C29H41N3OS. The maximum absolute atomic E-state index is 12.2. The fourth-order valence-corrected chi connectivity index (χ4v) is 5.85. The van der Waals surface area contributed by atoms with Crippen molar-refractivity contribution in [3.05, 3.63) is 66.2 Å². The van der Waals surface area contributed by atoms with Crippen molar-refractivity contribution in [2.75, 3.05) is 24.5 Å².